The van der Waals surface area contributed by atoms with Gasteiger partial charge in [0.15, 0.2) is 0 Å². The molecule has 0 amide bonds. The molecule has 0 aliphatic rings. The Labute approximate surface area is 92.8 Å². The Morgan fingerprint density at radius 3 is 2.69 bits per heavy atom. The van der Waals surface area contributed by atoms with Gasteiger partial charge in [-0.15, -0.1) is 0 Å². The van der Waals surface area contributed by atoms with Crippen LogP contribution in [0.3, 0.4) is 0 Å². The number of esters is 1. The first-order valence-electron chi connectivity index (χ1n) is 4.78. The third kappa shape index (κ3) is 1.69. The van der Waals surface area contributed by atoms with Crippen LogP contribution in [0.4, 0.5) is 0 Å². The summed E-state index contributed by atoms with van der Waals surface area (Å²) in [6.07, 6.45) is 0. The highest BCUT2D eigenvalue weighted by atomic mass is 16.5. The Morgan fingerprint density at radius 1 is 1.19 bits per heavy atom. The van der Waals surface area contributed by atoms with Crippen molar-refractivity contribution >= 4 is 16.9 Å². The Balaban J connectivity index is 2.68. The van der Waals surface area contributed by atoms with Gasteiger partial charge in [-0.2, -0.15) is 0 Å². The van der Waals surface area contributed by atoms with Gasteiger partial charge in [0.25, 0.3) is 0 Å². The van der Waals surface area contributed by atoms with E-state index in [1.165, 1.54) is 14.2 Å². The van der Waals surface area contributed by atoms with E-state index < -0.39 is 5.97 Å². The number of pyridine rings is 1. The summed E-state index contributed by atoms with van der Waals surface area (Å²) in [5.74, 6) is 0.0789. The lowest BCUT2D eigenvalue weighted by Gasteiger charge is -2.05. The molecule has 0 saturated carbocycles. The number of nitrogens with zero attached hydrogens (tertiary/aromatic N) is 1. The van der Waals surface area contributed by atoms with Crippen molar-refractivity contribution < 1.29 is 14.3 Å². The van der Waals surface area contributed by atoms with Crippen LogP contribution in [0, 0.1) is 0 Å². The fourth-order valence-corrected chi connectivity index (χ4v) is 1.52. The molecular formula is C12H11NO3. The van der Waals surface area contributed by atoms with Gasteiger partial charge in [-0.25, -0.2) is 9.78 Å². The van der Waals surface area contributed by atoms with Gasteiger partial charge in [-0.3, -0.25) is 0 Å². The molecule has 82 valence electrons. The van der Waals surface area contributed by atoms with Crippen molar-refractivity contribution in [3.8, 4) is 5.88 Å². The topological polar surface area (TPSA) is 48.4 Å². The molecule has 0 radical (unpaired) electrons. The Bertz CT molecular complexity index is 537. The third-order valence-corrected chi connectivity index (χ3v) is 2.31. The summed E-state index contributed by atoms with van der Waals surface area (Å²) in [6, 6.07) is 8.97. The maximum absolute atomic E-state index is 11.5. The molecule has 1 aromatic heterocycles. The lowest BCUT2D eigenvalue weighted by molar-refractivity contribution is 0.0603. The zero-order chi connectivity index (χ0) is 11.5. The molecule has 16 heavy (non-hydrogen) atoms. The molecule has 4 nitrogen and oxygen atoms in total. The second kappa shape index (κ2) is 4.18. The summed E-state index contributed by atoms with van der Waals surface area (Å²) < 4.78 is 9.73. The largest absolute Gasteiger partial charge is 0.481 e. The monoisotopic (exact) mass is 217 g/mol. The van der Waals surface area contributed by atoms with Crippen molar-refractivity contribution in [2.75, 3.05) is 14.2 Å². The number of carbonyl (C=O) groups is 1. The van der Waals surface area contributed by atoms with Crippen molar-refractivity contribution in [2.45, 2.75) is 0 Å². The van der Waals surface area contributed by atoms with Crippen molar-refractivity contribution in [1.29, 1.82) is 0 Å². The van der Waals surface area contributed by atoms with E-state index in [0.29, 0.717) is 17.0 Å². The predicted octanol–water partition coefficient (Wildman–Crippen LogP) is 2.03. The number of ether oxygens (including phenoxy) is 2. The average Bonchev–Trinajstić information content (AvgIpc) is 2.36. The summed E-state index contributed by atoms with van der Waals surface area (Å²) in [5, 5.41) is 0.878. The second-order valence-corrected chi connectivity index (χ2v) is 3.22. The molecule has 2 aromatic rings. The lowest BCUT2D eigenvalue weighted by Crippen LogP contribution is -2.03. The Kier molecular flexibility index (Phi) is 2.72. The van der Waals surface area contributed by atoms with E-state index in [4.69, 9.17) is 9.47 Å². The van der Waals surface area contributed by atoms with E-state index in [1.807, 2.05) is 12.1 Å². The van der Waals surface area contributed by atoms with Crippen LogP contribution in [0.2, 0.25) is 0 Å². The third-order valence-electron chi connectivity index (χ3n) is 2.31. The molecule has 0 atom stereocenters. The van der Waals surface area contributed by atoms with Crippen LogP contribution in [0.15, 0.2) is 30.3 Å². The van der Waals surface area contributed by atoms with Crippen LogP contribution in [0.5, 0.6) is 5.88 Å². The Morgan fingerprint density at radius 2 is 2.00 bits per heavy atom. The summed E-state index contributed by atoms with van der Waals surface area (Å²) in [5.41, 5.74) is 1.03. The van der Waals surface area contributed by atoms with E-state index in [1.54, 1.807) is 18.2 Å². The first-order chi connectivity index (χ1) is 7.76. The molecule has 0 aliphatic carbocycles. The maximum atomic E-state index is 11.5. The summed E-state index contributed by atoms with van der Waals surface area (Å²) in [6.45, 7) is 0. The molecule has 1 aromatic carbocycles. The number of hydrogen-bond acceptors (Lipinski definition) is 4. The highest BCUT2D eigenvalue weighted by molar-refractivity contribution is 6.02. The first-order valence-corrected chi connectivity index (χ1v) is 4.78. The van der Waals surface area contributed by atoms with Gasteiger partial charge < -0.3 is 9.47 Å². The predicted molar refractivity (Wildman–Crippen MR) is 59.6 cm³/mol. The quantitative estimate of drug-likeness (QED) is 0.722. The second-order valence-electron chi connectivity index (χ2n) is 3.22. The minimum Gasteiger partial charge on any atom is -0.481 e. The fourth-order valence-electron chi connectivity index (χ4n) is 1.52. The van der Waals surface area contributed by atoms with Crippen LogP contribution in [-0.4, -0.2) is 25.2 Å². The molecular weight excluding hydrogens is 206 g/mol. The molecule has 4 heteroatoms. The van der Waals surface area contributed by atoms with Gasteiger partial charge in [0, 0.05) is 11.5 Å². The number of para-hydroxylation sites is 1. The number of benzene rings is 1. The zero-order valence-corrected chi connectivity index (χ0v) is 9.06. The van der Waals surface area contributed by atoms with E-state index in [-0.39, 0.29) is 0 Å². The fraction of sp³-hybridized carbons (Fsp3) is 0.167. The normalized spacial score (nSPS) is 10.1. The van der Waals surface area contributed by atoms with Crippen LogP contribution in [0.1, 0.15) is 10.4 Å². The van der Waals surface area contributed by atoms with E-state index in [9.17, 15) is 4.79 Å². The van der Waals surface area contributed by atoms with E-state index >= 15 is 0 Å². The highest BCUT2D eigenvalue weighted by Crippen LogP contribution is 2.20. The molecule has 1 heterocycles. The highest BCUT2D eigenvalue weighted by Gasteiger charge is 2.11. The SMILES string of the molecule is COC(=O)c1cccc2ccc(OC)nc12. The molecule has 0 bridgehead atoms. The number of aromatic nitrogens is 1. The molecule has 0 aliphatic heterocycles. The molecule has 0 spiro atoms. The number of methoxy groups -OCH3 is 2. The van der Waals surface area contributed by atoms with Gasteiger partial charge >= 0.3 is 5.97 Å². The maximum Gasteiger partial charge on any atom is 0.340 e. The van der Waals surface area contributed by atoms with Crippen molar-refractivity contribution in [2.24, 2.45) is 0 Å². The molecule has 0 N–H and O–H groups in total. The minimum absolute atomic E-state index is 0.397. The Hall–Kier alpha value is -2.10. The van der Waals surface area contributed by atoms with Gasteiger partial charge in [-0.05, 0) is 12.1 Å². The van der Waals surface area contributed by atoms with Gasteiger partial charge in [-0.1, -0.05) is 12.1 Å². The van der Waals surface area contributed by atoms with E-state index in [2.05, 4.69) is 4.98 Å². The molecule has 2 rings (SSSR count). The standard InChI is InChI=1S/C12H11NO3/c1-15-10-7-6-8-4-3-5-9(11(8)13-10)12(14)16-2/h3-7H,1-2H3. The van der Waals surface area contributed by atoms with Crippen molar-refractivity contribution in [3.05, 3.63) is 35.9 Å². The zero-order valence-electron chi connectivity index (χ0n) is 9.06. The lowest BCUT2D eigenvalue weighted by atomic mass is 10.1. The van der Waals surface area contributed by atoms with Crippen LogP contribution in [0.25, 0.3) is 10.9 Å². The van der Waals surface area contributed by atoms with Crippen LogP contribution in [-0.2, 0) is 4.74 Å². The van der Waals surface area contributed by atoms with E-state index in [0.717, 1.165) is 5.39 Å². The van der Waals surface area contributed by atoms with Crippen molar-refractivity contribution in [3.63, 3.8) is 0 Å². The van der Waals surface area contributed by atoms with Crippen LogP contribution >= 0.6 is 0 Å². The summed E-state index contributed by atoms with van der Waals surface area (Å²) in [4.78, 5) is 15.8. The summed E-state index contributed by atoms with van der Waals surface area (Å²) in [7, 11) is 2.89. The van der Waals surface area contributed by atoms with Crippen molar-refractivity contribution in [1.82, 2.24) is 4.98 Å². The smallest absolute Gasteiger partial charge is 0.340 e. The number of carbonyl (C=O) groups excluding carboxylic acids is 1. The summed E-state index contributed by atoms with van der Waals surface area (Å²) >= 11 is 0. The van der Waals surface area contributed by atoms with Gasteiger partial charge in [0.2, 0.25) is 5.88 Å². The number of rotatable bonds is 2. The molecule has 0 fully saturated rings. The molecule has 0 unspecified atom stereocenters. The van der Waals surface area contributed by atoms with Crippen LogP contribution < -0.4 is 4.74 Å². The first kappa shape index (κ1) is 10.4. The number of hydrogen-bond donors (Lipinski definition) is 0. The average molecular weight is 217 g/mol. The number of fused-ring (bicyclic) bond motifs is 1. The minimum atomic E-state index is -0.397. The molecule has 0 saturated heterocycles. The van der Waals surface area contributed by atoms with Gasteiger partial charge in [0.05, 0.1) is 25.3 Å². The van der Waals surface area contributed by atoms with Gasteiger partial charge in [0.1, 0.15) is 0 Å².